The molecule has 1 aliphatic rings. The van der Waals surface area contributed by atoms with Gasteiger partial charge in [-0.1, -0.05) is 0 Å². The van der Waals surface area contributed by atoms with Gasteiger partial charge >= 0.3 is 11.9 Å². The molecule has 0 saturated carbocycles. The molecule has 3 amide bonds. The molecular weight excluding hydrogens is 426 g/mol. The summed E-state index contributed by atoms with van der Waals surface area (Å²) in [5, 5.41) is 22.3. The number of nitrogens with two attached hydrogens (primary N) is 3. The Morgan fingerprint density at radius 2 is 1.78 bits per heavy atom. The maximum atomic E-state index is 12.8. The number of likely N-dealkylation sites (tertiary alicyclic amines) is 1. The molecule has 14 nitrogen and oxygen atoms in total. The number of amides is 3. The van der Waals surface area contributed by atoms with Crippen molar-refractivity contribution >= 4 is 35.6 Å². The highest BCUT2D eigenvalue weighted by molar-refractivity contribution is 5.94. The van der Waals surface area contributed by atoms with Crippen molar-refractivity contribution < 1.29 is 34.2 Å². The number of carboxylic acids is 2. The van der Waals surface area contributed by atoms with Crippen LogP contribution >= 0.6 is 0 Å². The number of nitrogens with zero attached hydrogens (tertiary/aromatic N) is 2. The second kappa shape index (κ2) is 13.1. The summed E-state index contributed by atoms with van der Waals surface area (Å²) in [7, 11) is 0. The van der Waals surface area contributed by atoms with Crippen molar-refractivity contribution in [2.75, 3.05) is 19.6 Å². The molecule has 0 aromatic carbocycles. The van der Waals surface area contributed by atoms with Crippen LogP contribution in [-0.2, 0) is 24.0 Å². The highest BCUT2D eigenvalue weighted by atomic mass is 16.4. The summed E-state index contributed by atoms with van der Waals surface area (Å²) in [6.07, 6.45) is 1.00. The Balaban J connectivity index is 2.80. The third-order valence-corrected chi connectivity index (χ3v) is 4.82. The number of rotatable bonds is 13. The van der Waals surface area contributed by atoms with Crippen molar-refractivity contribution in [3.63, 3.8) is 0 Å². The Hall–Kier alpha value is -3.42. The van der Waals surface area contributed by atoms with Crippen molar-refractivity contribution in [3.8, 4) is 0 Å². The van der Waals surface area contributed by atoms with Crippen molar-refractivity contribution in [1.82, 2.24) is 15.5 Å². The number of aliphatic imine (C=N–C) groups is 1. The fourth-order valence-electron chi connectivity index (χ4n) is 3.24. The Labute approximate surface area is 184 Å². The smallest absolute Gasteiger partial charge is 0.322 e. The predicted molar refractivity (Wildman–Crippen MR) is 112 cm³/mol. The van der Waals surface area contributed by atoms with Gasteiger partial charge in [0.25, 0.3) is 0 Å². The normalized spacial score (nSPS) is 17.2. The van der Waals surface area contributed by atoms with E-state index in [4.69, 9.17) is 27.4 Å². The molecule has 0 radical (unpaired) electrons. The largest absolute Gasteiger partial charge is 0.481 e. The summed E-state index contributed by atoms with van der Waals surface area (Å²) < 4.78 is 0. The molecule has 0 bridgehead atoms. The summed E-state index contributed by atoms with van der Waals surface area (Å²) in [6.45, 7) is -0.142. The Morgan fingerprint density at radius 3 is 2.38 bits per heavy atom. The molecule has 14 heteroatoms. The summed E-state index contributed by atoms with van der Waals surface area (Å²) in [4.78, 5) is 64.3. The molecule has 1 aliphatic heterocycles. The molecule has 1 saturated heterocycles. The van der Waals surface area contributed by atoms with E-state index < -0.39 is 54.3 Å². The molecule has 1 heterocycles. The van der Waals surface area contributed by atoms with Crippen molar-refractivity contribution in [1.29, 1.82) is 0 Å². The Morgan fingerprint density at radius 1 is 1.09 bits per heavy atom. The molecular formula is C18H31N7O7. The highest BCUT2D eigenvalue weighted by Gasteiger charge is 2.37. The van der Waals surface area contributed by atoms with Gasteiger partial charge in [0.1, 0.15) is 18.6 Å². The highest BCUT2D eigenvalue weighted by Crippen LogP contribution is 2.19. The van der Waals surface area contributed by atoms with E-state index in [9.17, 15) is 24.0 Å². The zero-order valence-corrected chi connectivity index (χ0v) is 17.7. The maximum absolute atomic E-state index is 12.8. The van der Waals surface area contributed by atoms with Gasteiger partial charge in [-0.3, -0.25) is 29.0 Å². The topological polar surface area (TPSA) is 244 Å². The lowest BCUT2D eigenvalue weighted by Crippen LogP contribution is -2.55. The van der Waals surface area contributed by atoms with Crippen LogP contribution in [0.15, 0.2) is 4.99 Å². The molecule has 3 unspecified atom stereocenters. The van der Waals surface area contributed by atoms with Crippen LogP contribution in [0.4, 0.5) is 0 Å². The summed E-state index contributed by atoms with van der Waals surface area (Å²) in [5.74, 6) is -4.27. The van der Waals surface area contributed by atoms with Crippen molar-refractivity contribution in [3.05, 3.63) is 0 Å². The van der Waals surface area contributed by atoms with Gasteiger partial charge in [-0.15, -0.1) is 0 Å². The fourth-order valence-corrected chi connectivity index (χ4v) is 3.24. The fraction of sp³-hybridized carbons (Fsp3) is 0.667. The van der Waals surface area contributed by atoms with E-state index in [0.29, 0.717) is 19.3 Å². The minimum atomic E-state index is -1.24. The number of carbonyl (C=O) groups is 5. The van der Waals surface area contributed by atoms with Crippen molar-refractivity contribution in [2.24, 2.45) is 22.2 Å². The van der Waals surface area contributed by atoms with E-state index in [-0.39, 0.29) is 38.3 Å². The van der Waals surface area contributed by atoms with Gasteiger partial charge in [-0.25, -0.2) is 0 Å². The van der Waals surface area contributed by atoms with E-state index >= 15 is 0 Å². The number of hydrogen-bond acceptors (Lipinski definition) is 7. The number of hydrogen-bond donors (Lipinski definition) is 7. The van der Waals surface area contributed by atoms with Gasteiger partial charge in [-0.05, 0) is 32.1 Å². The van der Waals surface area contributed by atoms with E-state index in [1.54, 1.807) is 0 Å². The zero-order valence-electron chi connectivity index (χ0n) is 17.7. The Bertz CT molecular complexity index is 739. The average Bonchev–Trinajstić information content (AvgIpc) is 3.21. The average molecular weight is 457 g/mol. The zero-order chi connectivity index (χ0) is 24.3. The van der Waals surface area contributed by atoms with Crippen LogP contribution in [0.5, 0.6) is 0 Å². The Kier molecular flexibility index (Phi) is 10.9. The molecule has 0 aromatic rings. The van der Waals surface area contributed by atoms with Crippen LogP contribution in [0.25, 0.3) is 0 Å². The van der Waals surface area contributed by atoms with Gasteiger partial charge < -0.3 is 42.9 Å². The molecule has 180 valence electrons. The van der Waals surface area contributed by atoms with Gasteiger partial charge in [0.15, 0.2) is 5.96 Å². The van der Waals surface area contributed by atoms with Crippen LogP contribution in [-0.4, -0.2) is 88.5 Å². The quantitative estimate of drug-likeness (QED) is 0.0834. The van der Waals surface area contributed by atoms with Gasteiger partial charge in [0.05, 0.1) is 6.04 Å². The number of carboxylic acid groups (broad SMARTS) is 2. The van der Waals surface area contributed by atoms with E-state index in [1.165, 1.54) is 4.90 Å². The number of carbonyl (C=O) groups excluding carboxylic acids is 3. The van der Waals surface area contributed by atoms with Crippen LogP contribution in [0.2, 0.25) is 0 Å². The lowest BCUT2D eigenvalue weighted by Gasteiger charge is -2.28. The lowest BCUT2D eigenvalue weighted by molar-refractivity contribution is -0.142. The first-order chi connectivity index (χ1) is 15.0. The van der Waals surface area contributed by atoms with E-state index in [2.05, 4.69) is 15.6 Å². The predicted octanol–water partition coefficient (Wildman–Crippen LogP) is -3.09. The molecule has 1 fully saturated rings. The molecule has 0 spiro atoms. The summed E-state index contributed by atoms with van der Waals surface area (Å²) >= 11 is 0. The van der Waals surface area contributed by atoms with Crippen LogP contribution in [0.1, 0.15) is 38.5 Å². The van der Waals surface area contributed by atoms with Crippen LogP contribution in [0, 0.1) is 0 Å². The number of nitrogens with one attached hydrogen (secondary N) is 2. The number of guanidine groups is 1. The molecule has 3 atom stereocenters. The van der Waals surface area contributed by atoms with Gasteiger partial charge in [-0.2, -0.15) is 0 Å². The van der Waals surface area contributed by atoms with E-state index in [1.807, 2.05) is 0 Å². The molecule has 10 N–H and O–H groups in total. The van der Waals surface area contributed by atoms with E-state index in [0.717, 1.165) is 0 Å². The third kappa shape index (κ3) is 9.16. The van der Waals surface area contributed by atoms with Crippen LogP contribution < -0.4 is 27.8 Å². The summed E-state index contributed by atoms with van der Waals surface area (Å²) in [5.41, 5.74) is 16.3. The standard InChI is InChI=1S/C18H31N7O7/c19-10(5-6-13(26)27)17(32)25-8-2-4-12(25)16(31)24-11(3-1-7-22-18(20)21)15(30)23-9-14(28)29/h10-12H,1-9,19H2,(H,23,30)(H,24,31)(H,26,27)(H,28,29)(H4,20,21,22). The second-order valence-corrected chi connectivity index (χ2v) is 7.35. The first kappa shape index (κ1) is 26.6. The second-order valence-electron chi connectivity index (χ2n) is 7.35. The minimum Gasteiger partial charge on any atom is -0.481 e. The van der Waals surface area contributed by atoms with Crippen molar-refractivity contribution in [2.45, 2.75) is 56.7 Å². The lowest BCUT2D eigenvalue weighted by atomic mass is 10.1. The molecule has 0 aromatic heterocycles. The molecule has 0 aliphatic carbocycles. The molecule has 32 heavy (non-hydrogen) atoms. The van der Waals surface area contributed by atoms with Gasteiger partial charge in [0.2, 0.25) is 17.7 Å². The monoisotopic (exact) mass is 457 g/mol. The third-order valence-electron chi connectivity index (χ3n) is 4.82. The maximum Gasteiger partial charge on any atom is 0.322 e. The first-order valence-electron chi connectivity index (χ1n) is 10.2. The molecule has 1 rings (SSSR count). The number of aliphatic carboxylic acids is 2. The minimum absolute atomic E-state index is 0.0655. The first-order valence-corrected chi connectivity index (χ1v) is 10.2. The SMILES string of the molecule is NC(N)=NCCCC(NC(=O)C1CCCN1C(=O)C(N)CCC(=O)O)C(=O)NCC(=O)O. The summed E-state index contributed by atoms with van der Waals surface area (Å²) in [6, 6.07) is -2.99. The van der Waals surface area contributed by atoms with Gasteiger partial charge in [0, 0.05) is 19.5 Å². The van der Waals surface area contributed by atoms with Crippen LogP contribution in [0.3, 0.4) is 0 Å².